The van der Waals surface area contributed by atoms with Gasteiger partial charge in [0, 0.05) is 11.8 Å². The molecule has 0 aromatic rings. The van der Waals surface area contributed by atoms with Gasteiger partial charge in [-0.3, -0.25) is 4.79 Å². The Bertz CT molecular complexity index is 172. The predicted octanol–water partition coefficient (Wildman–Crippen LogP) is 2.71. The van der Waals surface area contributed by atoms with Crippen LogP contribution in [0.1, 0.15) is 39.0 Å². The van der Waals surface area contributed by atoms with E-state index in [0.29, 0.717) is 5.78 Å². The lowest BCUT2D eigenvalue weighted by Gasteiger charge is -2.30. The second-order valence-corrected chi connectivity index (χ2v) is 3.68. The fourth-order valence-electron chi connectivity index (χ4n) is 1.78. The van der Waals surface area contributed by atoms with Gasteiger partial charge >= 0.3 is 0 Å². The third kappa shape index (κ3) is 1.70. The van der Waals surface area contributed by atoms with E-state index in [9.17, 15) is 4.79 Å². The van der Waals surface area contributed by atoms with Crippen LogP contribution < -0.4 is 0 Å². The number of hydrogen-bond donors (Lipinski definition) is 0. The molecule has 0 spiro atoms. The summed E-state index contributed by atoms with van der Waals surface area (Å²) in [5.74, 6) is 0.434. The summed E-state index contributed by atoms with van der Waals surface area (Å²) < 4.78 is 0. The normalized spacial score (nSPS) is 31.9. The van der Waals surface area contributed by atoms with Gasteiger partial charge in [-0.15, -0.1) is 6.58 Å². The van der Waals surface area contributed by atoms with E-state index < -0.39 is 0 Å². The van der Waals surface area contributed by atoms with Crippen molar-refractivity contribution in [2.45, 2.75) is 39.0 Å². The average Bonchev–Trinajstić information content (AvgIpc) is 1.96. The van der Waals surface area contributed by atoms with Crippen molar-refractivity contribution in [3.63, 3.8) is 0 Å². The number of hydrogen-bond acceptors (Lipinski definition) is 1. The Morgan fingerprint density at radius 2 is 2.36 bits per heavy atom. The first-order valence-corrected chi connectivity index (χ1v) is 4.33. The molecule has 1 atom stereocenters. The van der Waals surface area contributed by atoms with Gasteiger partial charge in [0.1, 0.15) is 5.78 Å². The van der Waals surface area contributed by atoms with Crippen LogP contribution >= 0.6 is 0 Å². The summed E-state index contributed by atoms with van der Waals surface area (Å²) in [7, 11) is 0. The highest BCUT2D eigenvalue weighted by atomic mass is 16.1. The Kier molecular flexibility index (Phi) is 2.48. The van der Waals surface area contributed by atoms with Crippen molar-refractivity contribution in [1.29, 1.82) is 0 Å². The van der Waals surface area contributed by atoms with Crippen molar-refractivity contribution in [2.24, 2.45) is 5.41 Å². The summed E-state index contributed by atoms with van der Waals surface area (Å²) in [6, 6.07) is 0. The molecule has 0 N–H and O–H groups in total. The summed E-state index contributed by atoms with van der Waals surface area (Å²) in [4.78, 5) is 11.5. The first kappa shape index (κ1) is 8.51. The molecular weight excluding hydrogens is 136 g/mol. The molecule has 1 aliphatic rings. The predicted molar refractivity (Wildman–Crippen MR) is 46.4 cm³/mol. The van der Waals surface area contributed by atoms with E-state index >= 15 is 0 Å². The second-order valence-electron chi connectivity index (χ2n) is 3.68. The van der Waals surface area contributed by atoms with Gasteiger partial charge in [-0.05, 0) is 19.3 Å². The van der Waals surface area contributed by atoms with Crippen molar-refractivity contribution >= 4 is 5.78 Å². The molecule has 0 saturated heterocycles. The van der Waals surface area contributed by atoms with E-state index in [2.05, 4.69) is 13.5 Å². The van der Waals surface area contributed by atoms with E-state index in [1.165, 1.54) is 6.42 Å². The minimum Gasteiger partial charge on any atom is -0.299 e. The van der Waals surface area contributed by atoms with Crippen LogP contribution in [0.4, 0.5) is 0 Å². The fraction of sp³-hybridized carbons (Fsp3) is 0.700. The van der Waals surface area contributed by atoms with Crippen LogP contribution in [0.5, 0.6) is 0 Å². The molecule has 1 nitrogen and oxygen atoms in total. The summed E-state index contributed by atoms with van der Waals surface area (Å²) >= 11 is 0. The molecule has 11 heavy (non-hydrogen) atoms. The molecule has 0 aliphatic heterocycles. The lowest BCUT2D eigenvalue weighted by atomic mass is 9.72. The first-order valence-electron chi connectivity index (χ1n) is 4.33. The van der Waals surface area contributed by atoms with Crippen LogP contribution in [0.15, 0.2) is 12.7 Å². The Morgan fingerprint density at radius 1 is 1.64 bits per heavy atom. The van der Waals surface area contributed by atoms with Gasteiger partial charge in [-0.2, -0.15) is 0 Å². The second kappa shape index (κ2) is 3.21. The molecule has 0 aromatic carbocycles. The van der Waals surface area contributed by atoms with Gasteiger partial charge in [-0.25, -0.2) is 0 Å². The summed E-state index contributed by atoms with van der Waals surface area (Å²) in [5, 5.41) is 0. The Morgan fingerprint density at radius 3 is 2.91 bits per heavy atom. The molecular formula is C10H16O. The topological polar surface area (TPSA) is 17.1 Å². The van der Waals surface area contributed by atoms with Gasteiger partial charge in [0.15, 0.2) is 0 Å². The third-order valence-corrected chi connectivity index (χ3v) is 2.65. The van der Waals surface area contributed by atoms with Crippen LogP contribution in [0.25, 0.3) is 0 Å². The van der Waals surface area contributed by atoms with Crippen LogP contribution in [0.2, 0.25) is 0 Å². The van der Waals surface area contributed by atoms with Gasteiger partial charge in [-0.1, -0.05) is 19.4 Å². The van der Waals surface area contributed by atoms with Crippen molar-refractivity contribution in [3.8, 4) is 0 Å². The smallest absolute Gasteiger partial charge is 0.139 e. The molecule has 1 fully saturated rings. The van der Waals surface area contributed by atoms with E-state index in [0.717, 1.165) is 25.7 Å². The minimum absolute atomic E-state index is 0.0694. The standard InChI is InChI=1S/C10H16O/c1-3-7-10(2)8-5-4-6-9(10)11/h3H,1,4-8H2,2H3/t10-/m1/s1. The Balaban J connectivity index is 2.64. The van der Waals surface area contributed by atoms with Crippen molar-refractivity contribution in [3.05, 3.63) is 12.7 Å². The number of Topliss-reactive ketones (excluding diaryl/α,β-unsaturated/α-hetero) is 1. The zero-order valence-corrected chi connectivity index (χ0v) is 7.23. The summed E-state index contributed by atoms with van der Waals surface area (Å²) in [5.41, 5.74) is -0.0694. The largest absolute Gasteiger partial charge is 0.299 e. The van der Waals surface area contributed by atoms with E-state index in [1.54, 1.807) is 0 Å². The van der Waals surface area contributed by atoms with Crippen LogP contribution in [0, 0.1) is 5.41 Å². The first-order chi connectivity index (χ1) is 5.19. The number of ketones is 1. The molecule has 0 radical (unpaired) electrons. The van der Waals surface area contributed by atoms with Crippen LogP contribution in [0.3, 0.4) is 0 Å². The van der Waals surface area contributed by atoms with Gasteiger partial charge in [0.25, 0.3) is 0 Å². The van der Waals surface area contributed by atoms with Gasteiger partial charge < -0.3 is 0 Å². The molecule has 1 saturated carbocycles. The fourth-order valence-corrected chi connectivity index (χ4v) is 1.78. The van der Waals surface area contributed by atoms with Crippen molar-refractivity contribution < 1.29 is 4.79 Å². The molecule has 62 valence electrons. The van der Waals surface area contributed by atoms with Crippen LogP contribution in [-0.2, 0) is 4.79 Å². The molecule has 1 rings (SSSR count). The van der Waals surface area contributed by atoms with Crippen LogP contribution in [-0.4, -0.2) is 5.78 Å². The lowest BCUT2D eigenvalue weighted by Crippen LogP contribution is -2.30. The number of carbonyl (C=O) groups is 1. The van der Waals surface area contributed by atoms with Gasteiger partial charge in [0.2, 0.25) is 0 Å². The number of carbonyl (C=O) groups excluding carboxylic acids is 1. The molecule has 1 aliphatic carbocycles. The summed E-state index contributed by atoms with van der Waals surface area (Å²) in [6.07, 6.45) is 6.85. The zero-order chi connectivity index (χ0) is 8.32. The quantitative estimate of drug-likeness (QED) is 0.556. The molecule has 0 unspecified atom stereocenters. The molecule has 0 heterocycles. The van der Waals surface area contributed by atoms with E-state index in [-0.39, 0.29) is 5.41 Å². The number of rotatable bonds is 2. The van der Waals surface area contributed by atoms with Gasteiger partial charge in [0.05, 0.1) is 0 Å². The Hall–Kier alpha value is -0.590. The van der Waals surface area contributed by atoms with Crippen molar-refractivity contribution in [2.75, 3.05) is 0 Å². The zero-order valence-electron chi connectivity index (χ0n) is 7.23. The Labute approximate surface area is 68.5 Å². The third-order valence-electron chi connectivity index (χ3n) is 2.65. The molecule has 0 aromatic heterocycles. The van der Waals surface area contributed by atoms with E-state index in [1.807, 2.05) is 6.08 Å². The summed E-state index contributed by atoms with van der Waals surface area (Å²) in [6.45, 7) is 5.75. The lowest BCUT2D eigenvalue weighted by molar-refractivity contribution is -0.130. The van der Waals surface area contributed by atoms with Crippen molar-refractivity contribution in [1.82, 2.24) is 0 Å². The average molecular weight is 152 g/mol. The maximum atomic E-state index is 11.5. The monoisotopic (exact) mass is 152 g/mol. The van der Waals surface area contributed by atoms with E-state index in [4.69, 9.17) is 0 Å². The maximum absolute atomic E-state index is 11.5. The SMILES string of the molecule is C=CC[C@]1(C)CCCCC1=O. The highest BCUT2D eigenvalue weighted by Crippen LogP contribution is 2.35. The molecule has 0 bridgehead atoms. The minimum atomic E-state index is -0.0694. The number of allylic oxidation sites excluding steroid dienone is 1. The molecule has 1 heteroatoms. The highest BCUT2D eigenvalue weighted by Gasteiger charge is 2.33. The highest BCUT2D eigenvalue weighted by molar-refractivity contribution is 5.85. The molecule has 0 amide bonds. The maximum Gasteiger partial charge on any atom is 0.139 e.